The second kappa shape index (κ2) is 11.2. The fraction of sp³-hybridized carbons (Fsp3) is 0.375. The molecule has 0 spiro atoms. The smallest absolute Gasteiger partial charge is 0.422 e. The molecule has 0 unspecified atom stereocenters. The molecule has 0 radical (unpaired) electrons. The molecule has 2 heterocycles. The van der Waals surface area contributed by atoms with Crippen LogP contribution in [0.15, 0.2) is 40.1 Å². The number of aliphatic imine (C=N–C) groups is 1. The molecule has 0 atom stereocenters. The van der Waals surface area contributed by atoms with E-state index < -0.39 is 12.8 Å². The highest BCUT2D eigenvalue weighted by Crippen LogP contribution is 2.19. The molecule has 2 rings (SSSR count). The van der Waals surface area contributed by atoms with E-state index in [-0.39, 0.29) is 36.4 Å². The van der Waals surface area contributed by atoms with Crippen molar-refractivity contribution in [3.05, 3.63) is 46.3 Å². The highest BCUT2D eigenvalue weighted by atomic mass is 127. The Morgan fingerprint density at radius 3 is 2.77 bits per heavy atom. The first-order chi connectivity index (χ1) is 12.0. The van der Waals surface area contributed by atoms with Gasteiger partial charge in [-0.05, 0) is 35.4 Å². The van der Waals surface area contributed by atoms with Crippen LogP contribution < -0.4 is 15.4 Å². The number of alkyl halides is 3. The van der Waals surface area contributed by atoms with E-state index in [9.17, 15) is 13.2 Å². The molecule has 5 nitrogen and oxygen atoms in total. The normalized spacial score (nSPS) is 11.6. The van der Waals surface area contributed by atoms with Gasteiger partial charge in [0.25, 0.3) is 0 Å². The second-order valence-corrected chi connectivity index (χ2v) is 5.83. The molecule has 2 aromatic heterocycles. The summed E-state index contributed by atoms with van der Waals surface area (Å²) in [4.78, 5) is 8.32. The van der Waals surface area contributed by atoms with Gasteiger partial charge in [0, 0.05) is 24.8 Å². The lowest BCUT2D eigenvalue weighted by atomic mass is 10.2. The fourth-order valence-electron chi connectivity index (χ4n) is 1.91. The lowest BCUT2D eigenvalue weighted by Gasteiger charge is -2.14. The topological polar surface area (TPSA) is 58.5 Å². The Labute approximate surface area is 171 Å². The van der Waals surface area contributed by atoms with E-state index in [4.69, 9.17) is 4.74 Å². The lowest BCUT2D eigenvalue weighted by molar-refractivity contribution is -0.154. The zero-order chi connectivity index (χ0) is 18.1. The van der Waals surface area contributed by atoms with Gasteiger partial charge in [-0.15, -0.1) is 24.0 Å². The van der Waals surface area contributed by atoms with Crippen LogP contribution in [0.3, 0.4) is 0 Å². The Hall–Kier alpha value is -1.56. The maximum Gasteiger partial charge on any atom is 0.422 e. The molecule has 0 aromatic carbocycles. The molecule has 0 aliphatic heterocycles. The van der Waals surface area contributed by atoms with Gasteiger partial charge in [0.1, 0.15) is 0 Å². The zero-order valence-electron chi connectivity index (χ0n) is 14.0. The maximum absolute atomic E-state index is 12.3. The third kappa shape index (κ3) is 8.21. The number of hydrogen-bond acceptors (Lipinski definition) is 4. The van der Waals surface area contributed by atoms with Crippen LogP contribution in [0.25, 0.3) is 0 Å². The van der Waals surface area contributed by atoms with Crippen molar-refractivity contribution in [3.63, 3.8) is 0 Å². The van der Waals surface area contributed by atoms with E-state index in [0.29, 0.717) is 24.6 Å². The van der Waals surface area contributed by atoms with E-state index in [0.717, 1.165) is 5.56 Å². The predicted octanol–water partition coefficient (Wildman–Crippen LogP) is 3.96. The van der Waals surface area contributed by atoms with Crippen molar-refractivity contribution < 1.29 is 17.9 Å². The standard InChI is InChI=1S/C16H19F3N4OS.HI/c1-2-20-15(22-8-12-5-7-25-10-12)23-9-13-4-3-6-21-14(13)24-11-16(17,18)19;/h3-7,10H,2,8-9,11H2,1H3,(H2,20,22,23);1H. The molecule has 0 saturated heterocycles. The first-order valence-electron chi connectivity index (χ1n) is 7.64. The summed E-state index contributed by atoms with van der Waals surface area (Å²) in [6, 6.07) is 5.29. The Morgan fingerprint density at radius 2 is 2.12 bits per heavy atom. The average molecular weight is 500 g/mol. The van der Waals surface area contributed by atoms with Gasteiger partial charge >= 0.3 is 6.18 Å². The summed E-state index contributed by atoms with van der Waals surface area (Å²) in [5.41, 5.74) is 1.62. The van der Waals surface area contributed by atoms with Gasteiger partial charge in [0.2, 0.25) is 5.88 Å². The van der Waals surface area contributed by atoms with Gasteiger partial charge in [-0.3, -0.25) is 0 Å². The summed E-state index contributed by atoms with van der Waals surface area (Å²) in [5, 5.41) is 10.2. The monoisotopic (exact) mass is 500 g/mol. The van der Waals surface area contributed by atoms with Gasteiger partial charge in [0.05, 0.1) is 6.54 Å². The van der Waals surface area contributed by atoms with Gasteiger partial charge in [-0.2, -0.15) is 24.5 Å². The molecular weight excluding hydrogens is 480 g/mol. The molecular formula is C16H20F3IN4OS. The Morgan fingerprint density at radius 1 is 1.31 bits per heavy atom. The number of thiophene rings is 1. The summed E-state index contributed by atoms with van der Waals surface area (Å²) >= 11 is 1.60. The molecule has 0 aliphatic carbocycles. The van der Waals surface area contributed by atoms with Crippen LogP contribution in [0, 0.1) is 0 Å². The molecule has 0 amide bonds. The number of halogens is 4. The van der Waals surface area contributed by atoms with E-state index in [1.165, 1.54) is 6.20 Å². The molecule has 26 heavy (non-hydrogen) atoms. The van der Waals surface area contributed by atoms with Crippen LogP contribution in [0.1, 0.15) is 18.1 Å². The third-order valence-corrected chi connectivity index (χ3v) is 3.74. The first-order valence-corrected chi connectivity index (χ1v) is 8.59. The molecule has 0 fully saturated rings. The molecule has 144 valence electrons. The molecule has 0 bridgehead atoms. The lowest BCUT2D eigenvalue weighted by Crippen LogP contribution is -2.37. The van der Waals surface area contributed by atoms with Crippen LogP contribution in [-0.2, 0) is 13.1 Å². The van der Waals surface area contributed by atoms with Gasteiger partial charge in [-0.1, -0.05) is 6.07 Å². The van der Waals surface area contributed by atoms with Crippen molar-refractivity contribution in [3.8, 4) is 5.88 Å². The van der Waals surface area contributed by atoms with Crippen LogP contribution in [0.5, 0.6) is 5.88 Å². The summed E-state index contributed by atoms with van der Waals surface area (Å²) in [6.07, 6.45) is -3.01. The van der Waals surface area contributed by atoms with Gasteiger partial charge in [0.15, 0.2) is 12.6 Å². The van der Waals surface area contributed by atoms with Gasteiger partial charge < -0.3 is 15.4 Å². The summed E-state index contributed by atoms with van der Waals surface area (Å²) in [5.74, 6) is 0.528. The minimum atomic E-state index is -4.40. The molecule has 0 aliphatic rings. The summed E-state index contributed by atoms with van der Waals surface area (Å²) < 4.78 is 41.8. The van der Waals surface area contributed by atoms with Crippen LogP contribution in [-0.4, -0.2) is 30.3 Å². The van der Waals surface area contributed by atoms with E-state index >= 15 is 0 Å². The number of nitrogens with one attached hydrogen (secondary N) is 2. The molecule has 0 saturated carbocycles. The van der Waals surface area contributed by atoms with Crippen molar-refractivity contribution in [1.29, 1.82) is 0 Å². The maximum atomic E-state index is 12.3. The quantitative estimate of drug-likeness (QED) is 0.344. The Balaban J connectivity index is 0.00000338. The molecule has 10 heteroatoms. The Bertz CT molecular complexity index is 680. The first kappa shape index (κ1) is 22.5. The number of aromatic nitrogens is 1. The van der Waals surface area contributed by atoms with Crippen LogP contribution in [0.4, 0.5) is 13.2 Å². The highest BCUT2D eigenvalue weighted by molar-refractivity contribution is 14.0. The van der Waals surface area contributed by atoms with Crippen molar-refractivity contribution in [2.24, 2.45) is 4.99 Å². The number of hydrogen-bond donors (Lipinski definition) is 2. The van der Waals surface area contributed by atoms with E-state index in [2.05, 4.69) is 20.6 Å². The second-order valence-electron chi connectivity index (χ2n) is 5.05. The number of pyridine rings is 1. The zero-order valence-corrected chi connectivity index (χ0v) is 17.2. The van der Waals surface area contributed by atoms with E-state index in [1.54, 1.807) is 23.5 Å². The number of nitrogens with zero attached hydrogens (tertiary/aromatic N) is 2. The molecule has 2 N–H and O–H groups in total. The minimum absolute atomic E-state index is 0. The fourth-order valence-corrected chi connectivity index (χ4v) is 2.57. The van der Waals surface area contributed by atoms with Crippen LogP contribution in [0.2, 0.25) is 0 Å². The van der Waals surface area contributed by atoms with Crippen LogP contribution >= 0.6 is 35.3 Å². The predicted molar refractivity (Wildman–Crippen MR) is 107 cm³/mol. The van der Waals surface area contributed by atoms with Crippen molar-refractivity contribution in [2.75, 3.05) is 13.2 Å². The Kier molecular flexibility index (Phi) is 9.70. The van der Waals surface area contributed by atoms with Crippen molar-refractivity contribution >= 4 is 41.3 Å². The largest absolute Gasteiger partial charge is 0.468 e. The number of ether oxygens (including phenoxy) is 1. The summed E-state index contributed by atoms with van der Waals surface area (Å²) in [6.45, 7) is 1.99. The third-order valence-electron chi connectivity index (χ3n) is 3.01. The van der Waals surface area contributed by atoms with Gasteiger partial charge in [-0.25, -0.2) is 9.98 Å². The highest BCUT2D eigenvalue weighted by Gasteiger charge is 2.29. The summed E-state index contributed by atoms with van der Waals surface area (Å²) in [7, 11) is 0. The average Bonchev–Trinajstić information content (AvgIpc) is 3.09. The van der Waals surface area contributed by atoms with E-state index in [1.807, 2.05) is 23.8 Å². The molecule has 2 aromatic rings. The van der Waals surface area contributed by atoms with Crippen molar-refractivity contribution in [2.45, 2.75) is 26.2 Å². The SMILES string of the molecule is CCNC(=NCc1ccsc1)NCc1cccnc1OCC(F)(F)F.I. The van der Waals surface area contributed by atoms with Crippen molar-refractivity contribution in [1.82, 2.24) is 15.6 Å². The number of rotatable bonds is 7. The number of guanidine groups is 1. The minimum Gasteiger partial charge on any atom is -0.468 e.